The number of hydrogen-bond acceptors (Lipinski definition) is 4. The van der Waals surface area contributed by atoms with Crippen LogP contribution >= 0.6 is 0 Å². The fraction of sp³-hybridized carbons (Fsp3) is 0.348. The highest BCUT2D eigenvalue weighted by Crippen LogP contribution is 2.55. The maximum atomic E-state index is 13.3. The Hall–Kier alpha value is -2.96. The average molecular weight is 417 g/mol. The van der Waals surface area contributed by atoms with Crippen molar-refractivity contribution in [2.24, 2.45) is 0 Å². The summed E-state index contributed by atoms with van der Waals surface area (Å²) in [5.41, 5.74) is 0.472. The van der Waals surface area contributed by atoms with Crippen LogP contribution in [0.1, 0.15) is 36.1 Å². The number of esters is 1. The van der Waals surface area contributed by atoms with Gasteiger partial charge in [0.25, 0.3) is 0 Å². The first-order chi connectivity index (χ1) is 14.0. The Morgan fingerprint density at radius 1 is 1.17 bits per heavy atom. The zero-order valence-corrected chi connectivity index (χ0v) is 17.1. The van der Waals surface area contributed by atoms with Crippen molar-refractivity contribution in [3.63, 3.8) is 0 Å². The Labute approximate surface area is 172 Å². The summed E-state index contributed by atoms with van der Waals surface area (Å²) in [6, 6.07) is 9.25. The average Bonchev–Trinajstić information content (AvgIpc) is 2.85. The van der Waals surface area contributed by atoms with Gasteiger partial charge in [0.15, 0.2) is 0 Å². The Balaban J connectivity index is 1.74. The lowest BCUT2D eigenvalue weighted by Crippen LogP contribution is -2.58. The molecule has 0 saturated carbocycles. The zero-order chi connectivity index (χ0) is 21.9. The Morgan fingerprint density at radius 3 is 2.57 bits per heavy atom. The van der Waals surface area contributed by atoms with Gasteiger partial charge in [-0.1, -0.05) is 6.07 Å². The summed E-state index contributed by atoms with van der Waals surface area (Å²) in [5.74, 6) is 0.273. The third kappa shape index (κ3) is 2.87. The number of carbonyl (C=O) groups excluding carboxylic acids is 1. The van der Waals surface area contributed by atoms with E-state index in [4.69, 9.17) is 9.47 Å². The molecule has 30 heavy (non-hydrogen) atoms. The van der Waals surface area contributed by atoms with E-state index in [1.165, 1.54) is 19.2 Å². The third-order valence-corrected chi connectivity index (χ3v) is 6.16. The number of fused-ring (bicyclic) bond motifs is 2. The first-order valence-corrected chi connectivity index (χ1v) is 9.53. The van der Waals surface area contributed by atoms with Gasteiger partial charge in [-0.2, -0.15) is 13.2 Å². The van der Waals surface area contributed by atoms with Gasteiger partial charge in [-0.15, -0.1) is 0 Å². The van der Waals surface area contributed by atoms with Crippen LogP contribution < -0.4 is 9.64 Å². The molecule has 0 amide bonds. The van der Waals surface area contributed by atoms with E-state index in [1.54, 1.807) is 12.1 Å². The van der Waals surface area contributed by atoms with E-state index >= 15 is 0 Å². The van der Waals surface area contributed by atoms with Gasteiger partial charge in [0.2, 0.25) is 5.72 Å². The number of halogens is 3. The second kappa shape index (κ2) is 6.52. The van der Waals surface area contributed by atoms with Crippen LogP contribution in [0.25, 0.3) is 6.08 Å². The lowest BCUT2D eigenvalue weighted by atomic mass is 9.76. The molecule has 0 aromatic heterocycles. The molecule has 2 aliphatic heterocycles. The maximum Gasteiger partial charge on any atom is 0.416 e. The molecule has 0 bridgehead atoms. The summed E-state index contributed by atoms with van der Waals surface area (Å²) >= 11 is 0. The number of carbonyl (C=O) groups is 1. The van der Waals surface area contributed by atoms with Gasteiger partial charge in [0, 0.05) is 18.3 Å². The van der Waals surface area contributed by atoms with E-state index in [0.717, 1.165) is 17.2 Å². The molecule has 2 aliphatic rings. The van der Waals surface area contributed by atoms with E-state index < -0.39 is 22.9 Å². The zero-order valence-electron chi connectivity index (χ0n) is 17.1. The Kier molecular flexibility index (Phi) is 4.42. The van der Waals surface area contributed by atoms with E-state index in [9.17, 15) is 18.0 Å². The predicted octanol–water partition coefficient (Wildman–Crippen LogP) is 4.95. The molecule has 1 spiro atoms. The summed E-state index contributed by atoms with van der Waals surface area (Å²) in [7, 11) is 3.16. The van der Waals surface area contributed by atoms with Gasteiger partial charge in [-0.3, -0.25) is 4.79 Å². The molecule has 4 rings (SSSR count). The number of likely N-dealkylation sites (N-methyl/N-ethyl adjacent to an activating group) is 1. The maximum absolute atomic E-state index is 13.3. The molecule has 2 heterocycles. The second-order valence-electron chi connectivity index (χ2n) is 8.17. The second-order valence-corrected chi connectivity index (χ2v) is 8.17. The van der Waals surface area contributed by atoms with E-state index in [0.29, 0.717) is 17.0 Å². The predicted molar refractivity (Wildman–Crippen MR) is 107 cm³/mol. The molecule has 0 aliphatic carbocycles. The highest BCUT2D eigenvalue weighted by atomic mass is 19.4. The summed E-state index contributed by atoms with van der Waals surface area (Å²) in [6.07, 6.45) is -0.482. The van der Waals surface area contributed by atoms with Crippen LogP contribution in [0.15, 0.2) is 42.5 Å². The van der Waals surface area contributed by atoms with Crippen LogP contribution in [0, 0.1) is 0 Å². The van der Waals surface area contributed by atoms with Crippen LogP contribution in [0.2, 0.25) is 0 Å². The minimum atomic E-state index is -4.41. The number of ether oxygens (including phenoxy) is 2. The summed E-state index contributed by atoms with van der Waals surface area (Å²) in [5, 5.41) is 0. The van der Waals surface area contributed by atoms with Crippen LogP contribution in [0.3, 0.4) is 0 Å². The molecule has 0 N–H and O–H groups in total. The van der Waals surface area contributed by atoms with Gasteiger partial charge in [0.1, 0.15) is 5.75 Å². The van der Waals surface area contributed by atoms with Crippen LogP contribution in [-0.2, 0) is 27.5 Å². The third-order valence-electron chi connectivity index (χ3n) is 6.16. The first-order valence-electron chi connectivity index (χ1n) is 9.53. The van der Waals surface area contributed by atoms with Crippen molar-refractivity contribution in [3.05, 3.63) is 64.7 Å². The quantitative estimate of drug-likeness (QED) is 0.648. The summed E-state index contributed by atoms with van der Waals surface area (Å²) in [4.78, 5) is 13.4. The molecule has 7 heteroatoms. The SMILES string of the molecule is COC(=O)Cc1ccc2c(c1)C=CC1(O2)N(C)c2ccc(C(F)(F)F)cc2C1(C)C. The standard InChI is InChI=1S/C23H22F3NO3/c1-21(2)17-13-16(23(24,25)26)6-7-18(17)27(3)22(21)10-9-15-11-14(12-20(28)29-4)5-8-19(15)30-22/h5-11,13H,12H2,1-4H3. The van der Waals surface area contributed by atoms with Crippen LogP contribution in [-0.4, -0.2) is 25.9 Å². The fourth-order valence-electron chi connectivity index (χ4n) is 4.39. The summed E-state index contributed by atoms with van der Waals surface area (Å²) < 4.78 is 51.0. The largest absolute Gasteiger partial charge is 0.469 e. The Morgan fingerprint density at radius 2 is 1.90 bits per heavy atom. The fourth-order valence-corrected chi connectivity index (χ4v) is 4.39. The number of methoxy groups -OCH3 is 1. The number of alkyl halides is 3. The van der Waals surface area contributed by atoms with Crippen molar-refractivity contribution in [1.82, 2.24) is 0 Å². The van der Waals surface area contributed by atoms with Gasteiger partial charge >= 0.3 is 12.1 Å². The number of hydrogen-bond donors (Lipinski definition) is 0. The number of anilines is 1. The molecular weight excluding hydrogens is 395 g/mol. The van der Waals surface area contributed by atoms with Crippen molar-refractivity contribution in [3.8, 4) is 5.75 Å². The van der Waals surface area contributed by atoms with Crippen LogP contribution in [0.4, 0.5) is 18.9 Å². The van der Waals surface area contributed by atoms with Crippen molar-refractivity contribution in [1.29, 1.82) is 0 Å². The lowest BCUT2D eigenvalue weighted by Gasteiger charge is -2.45. The number of rotatable bonds is 2. The highest BCUT2D eigenvalue weighted by Gasteiger charge is 2.58. The van der Waals surface area contributed by atoms with Gasteiger partial charge in [-0.05, 0) is 67.5 Å². The topological polar surface area (TPSA) is 38.8 Å². The molecule has 1 unspecified atom stereocenters. The van der Waals surface area contributed by atoms with Gasteiger partial charge < -0.3 is 14.4 Å². The lowest BCUT2D eigenvalue weighted by molar-refractivity contribution is -0.140. The monoisotopic (exact) mass is 417 g/mol. The molecule has 0 fully saturated rings. The molecular formula is C23H22F3NO3. The number of benzene rings is 2. The molecule has 0 radical (unpaired) electrons. The molecule has 0 saturated heterocycles. The van der Waals surface area contributed by atoms with E-state index in [1.807, 2.05) is 44.0 Å². The molecule has 158 valence electrons. The van der Waals surface area contributed by atoms with Gasteiger partial charge in [0.05, 0.1) is 24.5 Å². The smallest absolute Gasteiger partial charge is 0.416 e. The van der Waals surface area contributed by atoms with Crippen molar-refractivity contribution in [2.75, 3.05) is 19.1 Å². The van der Waals surface area contributed by atoms with Gasteiger partial charge in [-0.25, -0.2) is 0 Å². The first kappa shape index (κ1) is 20.3. The molecule has 4 nitrogen and oxygen atoms in total. The van der Waals surface area contributed by atoms with Crippen molar-refractivity contribution < 1.29 is 27.4 Å². The minimum Gasteiger partial charge on any atom is -0.469 e. The minimum absolute atomic E-state index is 0.153. The Bertz CT molecular complexity index is 1060. The molecule has 2 aromatic rings. The van der Waals surface area contributed by atoms with Crippen molar-refractivity contribution in [2.45, 2.75) is 37.6 Å². The van der Waals surface area contributed by atoms with E-state index in [2.05, 4.69) is 0 Å². The molecule has 1 atom stereocenters. The highest BCUT2D eigenvalue weighted by molar-refractivity contribution is 5.75. The molecule has 2 aromatic carbocycles. The normalized spacial score (nSPS) is 21.2. The number of nitrogens with zero attached hydrogens (tertiary/aromatic N) is 1. The van der Waals surface area contributed by atoms with Crippen LogP contribution in [0.5, 0.6) is 5.75 Å². The van der Waals surface area contributed by atoms with E-state index in [-0.39, 0.29) is 12.4 Å². The van der Waals surface area contributed by atoms with Crippen molar-refractivity contribution >= 4 is 17.7 Å². The summed E-state index contributed by atoms with van der Waals surface area (Å²) in [6.45, 7) is 3.77.